The van der Waals surface area contributed by atoms with E-state index in [1.807, 2.05) is 43.3 Å². The Kier molecular flexibility index (Phi) is 7.30. The lowest BCUT2D eigenvalue weighted by Gasteiger charge is -2.26. The molecule has 2 saturated heterocycles. The number of hydrogen-bond acceptors (Lipinski definition) is 6. The maximum atomic E-state index is 12.8. The van der Waals surface area contributed by atoms with E-state index >= 15 is 0 Å². The Morgan fingerprint density at radius 2 is 1.53 bits per heavy atom. The third-order valence-corrected chi connectivity index (χ3v) is 7.39. The molecule has 3 aliphatic rings. The van der Waals surface area contributed by atoms with Crippen molar-refractivity contribution in [3.63, 3.8) is 0 Å². The van der Waals surface area contributed by atoms with Crippen molar-refractivity contribution in [1.29, 1.82) is 0 Å². The summed E-state index contributed by atoms with van der Waals surface area (Å²) in [6.45, 7) is 5.35. The number of hydrogen-bond donors (Lipinski definition) is 0. The van der Waals surface area contributed by atoms with Crippen molar-refractivity contribution in [2.75, 3.05) is 13.2 Å². The van der Waals surface area contributed by atoms with E-state index in [2.05, 4.69) is 19.1 Å². The first-order valence-electron chi connectivity index (χ1n) is 12.4. The molecule has 1 saturated carbocycles. The van der Waals surface area contributed by atoms with Crippen LogP contribution in [-0.4, -0.2) is 43.6 Å². The normalized spacial score (nSPS) is 30.8. The van der Waals surface area contributed by atoms with Gasteiger partial charge in [0.15, 0.2) is 6.10 Å². The van der Waals surface area contributed by atoms with Gasteiger partial charge in [0.05, 0.1) is 18.8 Å². The number of aryl methyl sites for hydroxylation is 1. The van der Waals surface area contributed by atoms with Crippen LogP contribution in [0.1, 0.15) is 65.6 Å². The molecule has 0 spiro atoms. The highest BCUT2D eigenvalue weighted by Gasteiger charge is 2.50. The van der Waals surface area contributed by atoms with Crippen molar-refractivity contribution in [3.05, 3.63) is 70.8 Å². The molecular formula is C28H34O6. The zero-order valence-electron chi connectivity index (χ0n) is 20.0. The third-order valence-electron chi connectivity index (χ3n) is 7.39. The number of esters is 1. The van der Waals surface area contributed by atoms with Crippen molar-refractivity contribution >= 4 is 5.97 Å². The molecule has 1 aliphatic carbocycles. The average molecular weight is 467 g/mol. The Labute approximate surface area is 201 Å². The SMILES string of the molecule is Cc1ccc(COOC2COC3C(OC(=O)c4ccc(C5CCC(C)CC5)cc4)COC23)cc1. The molecule has 0 amide bonds. The summed E-state index contributed by atoms with van der Waals surface area (Å²) < 4.78 is 17.5. The van der Waals surface area contributed by atoms with E-state index in [0.29, 0.717) is 24.7 Å². The maximum absolute atomic E-state index is 12.8. The van der Waals surface area contributed by atoms with E-state index < -0.39 is 6.10 Å². The molecular weight excluding hydrogens is 432 g/mol. The van der Waals surface area contributed by atoms with Crippen LogP contribution in [0.15, 0.2) is 48.5 Å². The summed E-state index contributed by atoms with van der Waals surface area (Å²) in [5.41, 5.74) is 4.11. The quantitative estimate of drug-likeness (QED) is 0.320. The number of rotatable bonds is 7. The standard InChI is InChI=1S/C28H34O6/c1-18-3-7-20(8-4-18)15-32-34-25-17-31-26-24(16-30-27(25)26)33-28(29)23-13-11-22(12-14-23)21-9-5-19(2)6-10-21/h3-4,7-8,11-14,19,21,24-27H,5-6,9-10,15-17H2,1-2H3. The Balaban J connectivity index is 1.10. The van der Waals surface area contributed by atoms with Gasteiger partial charge in [-0.15, -0.1) is 0 Å². The molecule has 2 heterocycles. The summed E-state index contributed by atoms with van der Waals surface area (Å²) in [4.78, 5) is 23.8. The topological polar surface area (TPSA) is 63.2 Å². The van der Waals surface area contributed by atoms with Crippen LogP contribution >= 0.6 is 0 Å². The van der Waals surface area contributed by atoms with E-state index in [0.717, 1.165) is 11.5 Å². The minimum Gasteiger partial charge on any atom is -0.453 e. The molecule has 5 rings (SSSR count). The Morgan fingerprint density at radius 3 is 2.24 bits per heavy atom. The summed E-state index contributed by atoms with van der Waals surface area (Å²) in [7, 11) is 0. The first kappa shape index (κ1) is 23.5. The molecule has 6 nitrogen and oxygen atoms in total. The number of carbonyl (C=O) groups excluding carboxylic acids is 1. The molecule has 34 heavy (non-hydrogen) atoms. The number of fused-ring (bicyclic) bond motifs is 1. The van der Waals surface area contributed by atoms with Gasteiger partial charge in [0.1, 0.15) is 24.9 Å². The molecule has 0 aromatic heterocycles. The number of benzene rings is 2. The average Bonchev–Trinajstić information content (AvgIpc) is 3.44. The summed E-state index contributed by atoms with van der Waals surface area (Å²) in [6.07, 6.45) is 3.54. The molecule has 2 aromatic carbocycles. The van der Waals surface area contributed by atoms with Crippen molar-refractivity contribution < 1.29 is 28.8 Å². The van der Waals surface area contributed by atoms with Crippen LogP contribution in [0.2, 0.25) is 0 Å². The molecule has 182 valence electrons. The van der Waals surface area contributed by atoms with Gasteiger partial charge < -0.3 is 14.2 Å². The highest BCUT2D eigenvalue weighted by molar-refractivity contribution is 5.89. The Morgan fingerprint density at radius 1 is 0.882 bits per heavy atom. The number of ether oxygens (including phenoxy) is 3. The Bertz CT molecular complexity index is 948. The first-order valence-corrected chi connectivity index (χ1v) is 12.4. The summed E-state index contributed by atoms with van der Waals surface area (Å²) in [5.74, 6) is 1.08. The molecule has 4 atom stereocenters. The van der Waals surface area contributed by atoms with Gasteiger partial charge in [0.25, 0.3) is 0 Å². The van der Waals surface area contributed by atoms with Crippen LogP contribution < -0.4 is 0 Å². The smallest absolute Gasteiger partial charge is 0.338 e. The minimum absolute atomic E-state index is 0.289. The lowest BCUT2D eigenvalue weighted by Crippen LogP contribution is -2.35. The largest absolute Gasteiger partial charge is 0.453 e. The summed E-state index contributed by atoms with van der Waals surface area (Å²) in [5, 5.41) is 0. The van der Waals surface area contributed by atoms with Crippen LogP contribution in [0, 0.1) is 12.8 Å². The predicted octanol–water partition coefficient (Wildman–Crippen LogP) is 5.13. The second kappa shape index (κ2) is 10.6. The zero-order valence-corrected chi connectivity index (χ0v) is 20.0. The van der Waals surface area contributed by atoms with Gasteiger partial charge in [-0.3, -0.25) is 0 Å². The lowest BCUT2D eigenvalue weighted by atomic mass is 9.79. The van der Waals surface area contributed by atoms with Gasteiger partial charge in [-0.2, -0.15) is 0 Å². The van der Waals surface area contributed by atoms with Crippen LogP contribution in [0.25, 0.3) is 0 Å². The van der Waals surface area contributed by atoms with E-state index in [1.54, 1.807) is 0 Å². The summed E-state index contributed by atoms with van der Waals surface area (Å²) >= 11 is 0. The van der Waals surface area contributed by atoms with Gasteiger partial charge in [-0.25, -0.2) is 14.6 Å². The van der Waals surface area contributed by atoms with E-state index in [1.165, 1.54) is 36.8 Å². The highest BCUT2D eigenvalue weighted by Crippen LogP contribution is 2.36. The minimum atomic E-state index is -0.456. The predicted molar refractivity (Wildman–Crippen MR) is 126 cm³/mol. The monoisotopic (exact) mass is 466 g/mol. The Hall–Kier alpha value is -2.25. The van der Waals surface area contributed by atoms with Crippen LogP contribution in [0.3, 0.4) is 0 Å². The van der Waals surface area contributed by atoms with E-state index in [9.17, 15) is 4.79 Å². The van der Waals surface area contributed by atoms with E-state index in [-0.39, 0.29) is 30.9 Å². The second-order valence-electron chi connectivity index (χ2n) is 10.0. The molecule has 2 aromatic rings. The molecule has 2 aliphatic heterocycles. The van der Waals surface area contributed by atoms with Gasteiger partial charge in [-0.1, -0.05) is 61.7 Å². The molecule has 6 heteroatoms. The van der Waals surface area contributed by atoms with Gasteiger partial charge >= 0.3 is 5.97 Å². The molecule has 0 N–H and O–H groups in total. The van der Waals surface area contributed by atoms with E-state index in [4.69, 9.17) is 24.0 Å². The zero-order chi connectivity index (χ0) is 23.5. The van der Waals surface area contributed by atoms with Crippen LogP contribution in [-0.2, 0) is 30.6 Å². The highest BCUT2D eigenvalue weighted by atomic mass is 17.2. The fraction of sp³-hybridized carbons (Fsp3) is 0.536. The van der Waals surface area contributed by atoms with Crippen LogP contribution in [0.4, 0.5) is 0 Å². The molecule has 0 bridgehead atoms. The molecule has 3 fully saturated rings. The van der Waals surface area contributed by atoms with Crippen molar-refractivity contribution in [2.45, 2.75) is 76.5 Å². The first-order chi connectivity index (χ1) is 16.6. The molecule has 4 unspecified atom stereocenters. The summed E-state index contributed by atoms with van der Waals surface area (Å²) in [6, 6.07) is 16.0. The van der Waals surface area contributed by atoms with Gasteiger partial charge in [0.2, 0.25) is 0 Å². The van der Waals surface area contributed by atoms with Crippen molar-refractivity contribution in [3.8, 4) is 0 Å². The second-order valence-corrected chi connectivity index (χ2v) is 10.0. The van der Waals surface area contributed by atoms with Gasteiger partial charge in [0, 0.05) is 0 Å². The number of carbonyl (C=O) groups is 1. The van der Waals surface area contributed by atoms with Crippen molar-refractivity contribution in [2.24, 2.45) is 5.92 Å². The van der Waals surface area contributed by atoms with Gasteiger partial charge in [-0.05, 0) is 54.9 Å². The lowest BCUT2D eigenvalue weighted by molar-refractivity contribution is -0.341. The fourth-order valence-electron chi connectivity index (χ4n) is 5.18. The maximum Gasteiger partial charge on any atom is 0.338 e. The third kappa shape index (κ3) is 5.36. The molecule has 0 radical (unpaired) electrons. The fourth-order valence-corrected chi connectivity index (χ4v) is 5.18. The van der Waals surface area contributed by atoms with Crippen molar-refractivity contribution in [1.82, 2.24) is 0 Å². The van der Waals surface area contributed by atoms with Crippen LogP contribution in [0.5, 0.6) is 0 Å².